The third-order valence-electron chi connectivity index (χ3n) is 2.96. The van der Waals surface area contributed by atoms with E-state index in [-0.39, 0.29) is 0 Å². The molecule has 17 heavy (non-hydrogen) atoms. The molecule has 4 heteroatoms. The SMILES string of the molecule is CNCc1ccc(N2CCCOCC2)c(Cl)c1. The van der Waals surface area contributed by atoms with Crippen molar-refractivity contribution in [2.24, 2.45) is 0 Å². The van der Waals surface area contributed by atoms with Crippen molar-refractivity contribution in [2.45, 2.75) is 13.0 Å². The molecule has 1 aliphatic heterocycles. The minimum absolute atomic E-state index is 0.786. The van der Waals surface area contributed by atoms with Gasteiger partial charge in [-0.05, 0) is 31.2 Å². The Kier molecular flexibility index (Phi) is 4.66. The summed E-state index contributed by atoms with van der Waals surface area (Å²) >= 11 is 6.34. The lowest BCUT2D eigenvalue weighted by Gasteiger charge is -2.23. The molecule has 1 aromatic carbocycles. The molecule has 1 N–H and O–H groups in total. The van der Waals surface area contributed by atoms with Crippen LogP contribution in [0.1, 0.15) is 12.0 Å². The van der Waals surface area contributed by atoms with Gasteiger partial charge in [-0.15, -0.1) is 0 Å². The molecule has 2 rings (SSSR count). The van der Waals surface area contributed by atoms with E-state index >= 15 is 0 Å². The van der Waals surface area contributed by atoms with Gasteiger partial charge in [0.1, 0.15) is 0 Å². The standard InChI is InChI=1S/C13H19ClN2O/c1-15-10-11-3-4-13(12(14)9-11)16-5-2-7-17-8-6-16/h3-4,9,15H,2,5-8,10H2,1H3. The van der Waals surface area contributed by atoms with Crippen LogP contribution in [-0.2, 0) is 11.3 Å². The minimum atomic E-state index is 0.786. The summed E-state index contributed by atoms with van der Waals surface area (Å²) in [6.07, 6.45) is 1.06. The zero-order valence-corrected chi connectivity index (χ0v) is 11.0. The van der Waals surface area contributed by atoms with Gasteiger partial charge in [-0.2, -0.15) is 0 Å². The number of ether oxygens (including phenoxy) is 1. The fourth-order valence-corrected chi connectivity index (χ4v) is 2.43. The third-order valence-corrected chi connectivity index (χ3v) is 3.26. The fraction of sp³-hybridized carbons (Fsp3) is 0.538. The first-order chi connectivity index (χ1) is 8.31. The van der Waals surface area contributed by atoms with Crippen molar-refractivity contribution < 1.29 is 4.74 Å². The van der Waals surface area contributed by atoms with Crippen LogP contribution in [0.15, 0.2) is 18.2 Å². The second kappa shape index (κ2) is 6.24. The summed E-state index contributed by atoms with van der Waals surface area (Å²) < 4.78 is 5.45. The number of benzene rings is 1. The highest BCUT2D eigenvalue weighted by molar-refractivity contribution is 6.33. The van der Waals surface area contributed by atoms with Gasteiger partial charge in [-0.25, -0.2) is 0 Å². The highest BCUT2D eigenvalue weighted by Gasteiger charge is 2.13. The first-order valence-corrected chi connectivity index (χ1v) is 6.45. The molecule has 1 fully saturated rings. The maximum Gasteiger partial charge on any atom is 0.0642 e. The van der Waals surface area contributed by atoms with Crippen molar-refractivity contribution in [3.63, 3.8) is 0 Å². The topological polar surface area (TPSA) is 24.5 Å². The number of anilines is 1. The molecule has 0 spiro atoms. The lowest BCUT2D eigenvalue weighted by Crippen LogP contribution is -2.26. The Morgan fingerprint density at radius 2 is 2.24 bits per heavy atom. The van der Waals surface area contributed by atoms with Crippen LogP contribution in [0.5, 0.6) is 0 Å². The Hall–Kier alpha value is -0.770. The number of nitrogens with zero attached hydrogens (tertiary/aromatic N) is 1. The zero-order chi connectivity index (χ0) is 12.1. The molecule has 0 amide bonds. The summed E-state index contributed by atoms with van der Waals surface area (Å²) in [5.74, 6) is 0. The molecule has 0 bridgehead atoms. The molecule has 94 valence electrons. The minimum Gasteiger partial charge on any atom is -0.380 e. The third kappa shape index (κ3) is 3.35. The normalized spacial score (nSPS) is 16.9. The Balaban J connectivity index is 2.14. The predicted molar refractivity (Wildman–Crippen MR) is 71.9 cm³/mol. The summed E-state index contributed by atoms with van der Waals surface area (Å²) in [6, 6.07) is 6.28. The van der Waals surface area contributed by atoms with Crippen molar-refractivity contribution in [3.8, 4) is 0 Å². The number of hydrogen-bond donors (Lipinski definition) is 1. The molecular weight excluding hydrogens is 236 g/mol. The van der Waals surface area contributed by atoms with Crippen LogP contribution in [0.25, 0.3) is 0 Å². The van der Waals surface area contributed by atoms with E-state index < -0.39 is 0 Å². The Morgan fingerprint density at radius 3 is 3.00 bits per heavy atom. The predicted octanol–water partition coefficient (Wildman–Crippen LogP) is 2.29. The average Bonchev–Trinajstić information content (AvgIpc) is 2.58. The van der Waals surface area contributed by atoms with Crippen LogP contribution in [0, 0.1) is 0 Å². The van der Waals surface area contributed by atoms with Crippen LogP contribution >= 0.6 is 11.6 Å². The number of rotatable bonds is 3. The van der Waals surface area contributed by atoms with E-state index in [1.54, 1.807) is 0 Å². The molecule has 0 aromatic heterocycles. The quantitative estimate of drug-likeness (QED) is 0.896. The van der Waals surface area contributed by atoms with Gasteiger partial charge in [0.2, 0.25) is 0 Å². The highest BCUT2D eigenvalue weighted by Crippen LogP contribution is 2.27. The smallest absolute Gasteiger partial charge is 0.0642 e. The number of nitrogens with one attached hydrogen (secondary N) is 1. The van der Waals surface area contributed by atoms with Crippen LogP contribution in [0.4, 0.5) is 5.69 Å². The van der Waals surface area contributed by atoms with Gasteiger partial charge in [0.25, 0.3) is 0 Å². The molecule has 0 saturated carbocycles. The molecule has 1 aliphatic rings. The van der Waals surface area contributed by atoms with Gasteiger partial charge in [0.15, 0.2) is 0 Å². The van der Waals surface area contributed by atoms with E-state index in [2.05, 4.69) is 22.3 Å². The van der Waals surface area contributed by atoms with Crippen LogP contribution < -0.4 is 10.2 Å². The summed E-state index contributed by atoms with van der Waals surface area (Å²) in [7, 11) is 1.94. The molecule has 3 nitrogen and oxygen atoms in total. The van der Waals surface area contributed by atoms with Gasteiger partial charge in [0.05, 0.1) is 17.3 Å². The summed E-state index contributed by atoms with van der Waals surface area (Å²) in [4.78, 5) is 2.30. The second-order valence-corrected chi connectivity index (χ2v) is 4.68. The Labute approximate surface area is 108 Å². The molecule has 0 unspecified atom stereocenters. The van der Waals surface area contributed by atoms with E-state index in [0.29, 0.717) is 0 Å². The van der Waals surface area contributed by atoms with E-state index in [9.17, 15) is 0 Å². The van der Waals surface area contributed by atoms with Gasteiger partial charge in [-0.3, -0.25) is 0 Å². The monoisotopic (exact) mass is 254 g/mol. The molecule has 1 heterocycles. The summed E-state index contributed by atoms with van der Waals surface area (Å²) in [5, 5.41) is 3.96. The first-order valence-electron chi connectivity index (χ1n) is 6.07. The lowest BCUT2D eigenvalue weighted by atomic mass is 10.2. The average molecular weight is 255 g/mol. The van der Waals surface area contributed by atoms with Crippen molar-refractivity contribution >= 4 is 17.3 Å². The molecule has 0 atom stereocenters. The summed E-state index contributed by atoms with van der Waals surface area (Å²) in [5.41, 5.74) is 2.34. The van der Waals surface area contributed by atoms with Gasteiger partial charge in [0, 0.05) is 26.2 Å². The van der Waals surface area contributed by atoms with Crippen LogP contribution in [0.2, 0.25) is 5.02 Å². The largest absolute Gasteiger partial charge is 0.380 e. The van der Waals surface area contributed by atoms with E-state index in [1.807, 2.05) is 13.1 Å². The van der Waals surface area contributed by atoms with Crippen molar-refractivity contribution in [1.82, 2.24) is 5.32 Å². The maximum atomic E-state index is 6.34. The number of hydrogen-bond acceptors (Lipinski definition) is 3. The van der Waals surface area contributed by atoms with Gasteiger partial charge in [-0.1, -0.05) is 17.7 Å². The van der Waals surface area contributed by atoms with Crippen molar-refractivity contribution in [2.75, 3.05) is 38.3 Å². The van der Waals surface area contributed by atoms with E-state index in [4.69, 9.17) is 16.3 Å². The molecule has 1 aromatic rings. The second-order valence-electron chi connectivity index (χ2n) is 4.27. The fourth-order valence-electron chi connectivity index (χ4n) is 2.11. The Morgan fingerprint density at radius 1 is 1.35 bits per heavy atom. The van der Waals surface area contributed by atoms with Crippen molar-refractivity contribution in [3.05, 3.63) is 28.8 Å². The molecule has 0 aliphatic carbocycles. The van der Waals surface area contributed by atoms with Crippen LogP contribution in [-0.4, -0.2) is 33.4 Å². The van der Waals surface area contributed by atoms with E-state index in [1.165, 1.54) is 5.56 Å². The highest BCUT2D eigenvalue weighted by atomic mass is 35.5. The Bertz CT molecular complexity index is 362. The number of halogens is 1. The maximum absolute atomic E-state index is 6.34. The van der Waals surface area contributed by atoms with E-state index in [0.717, 1.165) is 50.0 Å². The van der Waals surface area contributed by atoms with Gasteiger partial charge >= 0.3 is 0 Å². The zero-order valence-electron chi connectivity index (χ0n) is 10.2. The lowest BCUT2D eigenvalue weighted by molar-refractivity contribution is 0.152. The molecule has 1 saturated heterocycles. The van der Waals surface area contributed by atoms with Gasteiger partial charge < -0.3 is 15.0 Å². The van der Waals surface area contributed by atoms with Crippen LogP contribution in [0.3, 0.4) is 0 Å². The first kappa shape index (κ1) is 12.7. The van der Waals surface area contributed by atoms with Crippen molar-refractivity contribution in [1.29, 1.82) is 0 Å². The molecular formula is C13H19ClN2O. The summed E-state index contributed by atoms with van der Waals surface area (Å²) in [6.45, 7) is 4.43. The molecule has 0 radical (unpaired) electrons.